The van der Waals surface area contributed by atoms with Crippen molar-refractivity contribution < 1.29 is 13.5 Å². The van der Waals surface area contributed by atoms with Gasteiger partial charge < -0.3 is 5.11 Å². The third-order valence-electron chi connectivity index (χ3n) is 2.20. The SMILES string of the molecule is CN(C)S(=O)(=O)N(C)Cc1cc(C#CCO)cs1. The molecule has 0 radical (unpaired) electrons. The lowest BCUT2D eigenvalue weighted by atomic mass is 10.3. The standard InChI is InChI=1S/C11H16N2O3S2/c1-12(2)18(15,16)13(3)8-11-7-10(9-17-11)5-4-6-14/h7,9,14H,6,8H2,1-3H3. The predicted molar refractivity (Wildman–Crippen MR) is 72.4 cm³/mol. The van der Waals surface area contributed by atoms with Gasteiger partial charge in [0.05, 0.1) is 0 Å². The number of aliphatic hydroxyl groups excluding tert-OH is 1. The summed E-state index contributed by atoms with van der Waals surface area (Å²) in [6, 6.07) is 1.83. The molecule has 5 nitrogen and oxygen atoms in total. The molecule has 1 N–H and O–H groups in total. The molecule has 1 rings (SSSR count). The molecular weight excluding hydrogens is 272 g/mol. The van der Waals surface area contributed by atoms with E-state index in [0.29, 0.717) is 6.54 Å². The van der Waals surface area contributed by atoms with Crippen LogP contribution >= 0.6 is 11.3 Å². The third-order valence-corrected chi connectivity index (χ3v) is 4.96. The van der Waals surface area contributed by atoms with Crippen LogP contribution in [-0.2, 0) is 16.8 Å². The minimum Gasteiger partial charge on any atom is -0.384 e. The van der Waals surface area contributed by atoms with Gasteiger partial charge in [-0.2, -0.15) is 17.0 Å². The summed E-state index contributed by atoms with van der Waals surface area (Å²) in [5.41, 5.74) is 0.791. The van der Waals surface area contributed by atoms with E-state index in [-0.39, 0.29) is 6.61 Å². The van der Waals surface area contributed by atoms with Gasteiger partial charge in [0.25, 0.3) is 10.2 Å². The van der Waals surface area contributed by atoms with Crippen LogP contribution in [0.15, 0.2) is 11.4 Å². The molecule has 0 aliphatic rings. The quantitative estimate of drug-likeness (QED) is 0.812. The van der Waals surface area contributed by atoms with Crippen molar-refractivity contribution in [3.63, 3.8) is 0 Å². The van der Waals surface area contributed by atoms with Crippen LogP contribution in [0.25, 0.3) is 0 Å². The molecular formula is C11H16N2O3S2. The van der Waals surface area contributed by atoms with E-state index in [1.807, 2.05) is 11.4 Å². The van der Waals surface area contributed by atoms with Crippen LogP contribution in [-0.4, -0.2) is 49.9 Å². The molecule has 18 heavy (non-hydrogen) atoms. The summed E-state index contributed by atoms with van der Waals surface area (Å²) < 4.78 is 26.1. The fourth-order valence-electron chi connectivity index (χ4n) is 1.25. The first-order valence-corrected chi connectivity index (χ1v) is 7.46. The minimum atomic E-state index is -3.39. The van der Waals surface area contributed by atoms with E-state index in [4.69, 9.17) is 5.11 Å². The molecule has 0 spiro atoms. The van der Waals surface area contributed by atoms with Gasteiger partial charge in [0.15, 0.2) is 0 Å². The highest BCUT2D eigenvalue weighted by molar-refractivity contribution is 7.86. The van der Waals surface area contributed by atoms with Crippen LogP contribution in [0.2, 0.25) is 0 Å². The van der Waals surface area contributed by atoms with Crippen LogP contribution < -0.4 is 0 Å². The Morgan fingerprint density at radius 3 is 2.61 bits per heavy atom. The van der Waals surface area contributed by atoms with Crippen LogP contribution in [0.1, 0.15) is 10.4 Å². The van der Waals surface area contributed by atoms with Gasteiger partial charge in [0.2, 0.25) is 0 Å². The zero-order chi connectivity index (χ0) is 13.8. The van der Waals surface area contributed by atoms with Crippen molar-refractivity contribution in [2.75, 3.05) is 27.7 Å². The second kappa shape index (κ2) is 6.31. The summed E-state index contributed by atoms with van der Waals surface area (Å²) >= 11 is 1.45. The highest BCUT2D eigenvalue weighted by Crippen LogP contribution is 2.17. The summed E-state index contributed by atoms with van der Waals surface area (Å²) in [7, 11) is 1.15. The van der Waals surface area contributed by atoms with Gasteiger partial charge in [-0.25, -0.2) is 0 Å². The van der Waals surface area contributed by atoms with Gasteiger partial charge in [-0.05, 0) is 6.07 Å². The van der Waals surface area contributed by atoms with Gasteiger partial charge in [-0.15, -0.1) is 11.3 Å². The van der Waals surface area contributed by atoms with E-state index in [9.17, 15) is 8.42 Å². The van der Waals surface area contributed by atoms with Crippen molar-refractivity contribution >= 4 is 21.5 Å². The Morgan fingerprint density at radius 2 is 2.06 bits per heavy atom. The maximum absolute atomic E-state index is 11.8. The number of thiophene rings is 1. The summed E-state index contributed by atoms with van der Waals surface area (Å²) in [6.07, 6.45) is 0. The highest BCUT2D eigenvalue weighted by Gasteiger charge is 2.20. The zero-order valence-electron chi connectivity index (χ0n) is 10.5. The fourth-order valence-corrected chi connectivity index (χ4v) is 3.06. The van der Waals surface area contributed by atoms with Crippen LogP contribution in [0, 0.1) is 11.8 Å². The molecule has 0 atom stereocenters. The minimum absolute atomic E-state index is 0.180. The monoisotopic (exact) mass is 288 g/mol. The maximum atomic E-state index is 11.8. The Bertz CT molecular complexity index is 552. The number of hydrogen-bond donors (Lipinski definition) is 1. The van der Waals surface area contributed by atoms with Crippen LogP contribution in [0.3, 0.4) is 0 Å². The maximum Gasteiger partial charge on any atom is 0.281 e. The van der Waals surface area contributed by atoms with Gasteiger partial charge in [-0.3, -0.25) is 0 Å². The number of nitrogens with zero attached hydrogens (tertiary/aromatic N) is 2. The summed E-state index contributed by atoms with van der Waals surface area (Å²) in [5, 5.41) is 10.4. The second-order valence-electron chi connectivity index (χ2n) is 3.81. The van der Waals surface area contributed by atoms with E-state index >= 15 is 0 Å². The molecule has 0 saturated heterocycles. The predicted octanol–water partition coefficient (Wildman–Crippen LogP) is 0.330. The molecule has 0 unspecified atom stereocenters. The smallest absolute Gasteiger partial charge is 0.281 e. The van der Waals surface area contributed by atoms with Crippen molar-refractivity contribution in [1.82, 2.24) is 8.61 Å². The van der Waals surface area contributed by atoms with Crippen LogP contribution in [0.5, 0.6) is 0 Å². The lowest BCUT2D eigenvalue weighted by molar-refractivity contribution is 0.350. The van der Waals surface area contributed by atoms with E-state index in [1.54, 1.807) is 0 Å². The molecule has 0 fully saturated rings. The summed E-state index contributed by atoms with van der Waals surface area (Å²) in [6.45, 7) is 0.131. The molecule has 0 bridgehead atoms. The van der Waals surface area contributed by atoms with E-state index in [0.717, 1.165) is 10.4 Å². The average Bonchev–Trinajstić information content (AvgIpc) is 2.73. The lowest BCUT2D eigenvalue weighted by Gasteiger charge is -2.20. The second-order valence-corrected chi connectivity index (χ2v) is 7.05. The topological polar surface area (TPSA) is 60.9 Å². The number of rotatable bonds is 4. The van der Waals surface area contributed by atoms with Crippen LogP contribution in [0.4, 0.5) is 0 Å². The third kappa shape index (κ3) is 3.80. The molecule has 0 aliphatic carbocycles. The molecule has 7 heteroatoms. The molecule has 0 saturated carbocycles. The molecule has 0 aliphatic heterocycles. The normalized spacial score (nSPS) is 11.7. The summed E-state index contributed by atoms with van der Waals surface area (Å²) in [5.74, 6) is 5.33. The Kier molecular flexibility index (Phi) is 5.31. The van der Waals surface area contributed by atoms with Crippen molar-refractivity contribution in [3.05, 3.63) is 21.9 Å². The fraction of sp³-hybridized carbons (Fsp3) is 0.455. The van der Waals surface area contributed by atoms with E-state index < -0.39 is 10.2 Å². The molecule has 0 amide bonds. The van der Waals surface area contributed by atoms with Crippen molar-refractivity contribution in [2.45, 2.75) is 6.54 Å². The molecule has 1 aromatic heterocycles. The van der Waals surface area contributed by atoms with E-state index in [2.05, 4.69) is 11.8 Å². The Labute approximate surface area is 112 Å². The zero-order valence-corrected chi connectivity index (χ0v) is 12.2. The first-order chi connectivity index (χ1) is 8.37. The Balaban J connectivity index is 2.77. The lowest BCUT2D eigenvalue weighted by Crippen LogP contribution is -2.36. The first kappa shape index (κ1) is 15.1. The Morgan fingerprint density at radius 1 is 1.39 bits per heavy atom. The molecule has 0 aromatic carbocycles. The largest absolute Gasteiger partial charge is 0.384 e. The van der Waals surface area contributed by atoms with Crippen molar-refractivity contribution in [3.8, 4) is 11.8 Å². The first-order valence-electron chi connectivity index (χ1n) is 5.19. The summed E-state index contributed by atoms with van der Waals surface area (Å²) in [4.78, 5) is 0.908. The Hall–Kier alpha value is -0.910. The van der Waals surface area contributed by atoms with Gasteiger partial charge in [-0.1, -0.05) is 11.8 Å². The number of aliphatic hydroxyl groups is 1. The molecule has 1 aromatic rings. The number of hydrogen-bond acceptors (Lipinski definition) is 4. The molecule has 100 valence electrons. The van der Waals surface area contributed by atoms with E-state index in [1.165, 1.54) is 41.1 Å². The van der Waals surface area contributed by atoms with Crippen molar-refractivity contribution in [1.29, 1.82) is 0 Å². The van der Waals surface area contributed by atoms with Crippen molar-refractivity contribution in [2.24, 2.45) is 0 Å². The van der Waals surface area contributed by atoms with Gasteiger partial charge in [0.1, 0.15) is 6.61 Å². The highest BCUT2D eigenvalue weighted by atomic mass is 32.2. The van der Waals surface area contributed by atoms with Gasteiger partial charge >= 0.3 is 0 Å². The molecule has 1 heterocycles. The van der Waals surface area contributed by atoms with Gasteiger partial charge in [0, 0.05) is 43.5 Å². The average molecular weight is 288 g/mol.